The normalized spacial score (nSPS) is 16.6. The molecule has 0 fully saturated rings. The predicted molar refractivity (Wildman–Crippen MR) is 81.1 cm³/mol. The number of fused-ring (bicyclic) bond motifs is 1. The second-order valence-electron chi connectivity index (χ2n) is 5.13. The van der Waals surface area contributed by atoms with E-state index in [0.717, 1.165) is 5.56 Å². The highest BCUT2D eigenvalue weighted by atomic mass is 16.5. The Bertz CT molecular complexity index is 706. The van der Waals surface area contributed by atoms with Crippen molar-refractivity contribution >= 4 is 11.8 Å². The fourth-order valence-corrected chi connectivity index (χ4v) is 2.42. The van der Waals surface area contributed by atoms with Gasteiger partial charge in [-0.15, -0.1) is 0 Å². The molecule has 0 spiro atoms. The molecule has 4 heteroatoms. The van der Waals surface area contributed by atoms with Crippen LogP contribution < -0.4 is 9.47 Å². The number of carbonyl (C=O) groups excluding carboxylic acids is 2. The van der Waals surface area contributed by atoms with Gasteiger partial charge in [0.2, 0.25) is 0 Å². The summed E-state index contributed by atoms with van der Waals surface area (Å²) in [5, 5.41) is 0. The van der Waals surface area contributed by atoms with E-state index in [1.165, 1.54) is 0 Å². The van der Waals surface area contributed by atoms with Crippen molar-refractivity contribution in [3.63, 3.8) is 0 Å². The Hall–Kier alpha value is -2.62. The molecule has 2 aromatic rings. The first-order chi connectivity index (χ1) is 10.7. The van der Waals surface area contributed by atoms with E-state index in [4.69, 9.17) is 9.47 Å². The Kier molecular flexibility index (Phi) is 3.92. The number of benzene rings is 2. The lowest BCUT2D eigenvalue weighted by molar-refractivity contribution is -0.134. The highest BCUT2D eigenvalue weighted by molar-refractivity contribution is 6.00. The summed E-state index contributed by atoms with van der Waals surface area (Å²) in [6, 6.07) is 14.6. The first-order valence-electron chi connectivity index (χ1n) is 7.27. The maximum absolute atomic E-state index is 12.4. The quantitative estimate of drug-likeness (QED) is 0.640. The van der Waals surface area contributed by atoms with Gasteiger partial charge in [0, 0.05) is 6.42 Å². The monoisotopic (exact) mass is 296 g/mol. The van der Waals surface area contributed by atoms with Crippen molar-refractivity contribution in [2.75, 3.05) is 0 Å². The molecule has 0 aromatic heterocycles. The average Bonchev–Trinajstić information content (AvgIpc) is 2.56. The molecular formula is C18H16O4. The van der Waals surface area contributed by atoms with Gasteiger partial charge < -0.3 is 9.47 Å². The SMILES string of the molecule is CCC(=O)Oc1ccc2c(c1)C(=O)C[C@H](c1ccccc1)O2. The van der Waals surface area contributed by atoms with E-state index in [9.17, 15) is 9.59 Å². The standard InChI is InChI=1S/C18H16O4/c1-2-18(20)21-13-8-9-16-14(10-13)15(19)11-17(22-16)12-6-4-3-5-7-12/h3-10,17H,2,11H2,1H3/t17-/m1/s1. The van der Waals surface area contributed by atoms with Gasteiger partial charge in [0.1, 0.15) is 17.6 Å². The molecule has 0 bridgehead atoms. The Labute approximate surface area is 128 Å². The van der Waals surface area contributed by atoms with Gasteiger partial charge in [0.05, 0.1) is 12.0 Å². The first kappa shape index (κ1) is 14.3. The summed E-state index contributed by atoms with van der Waals surface area (Å²) < 4.78 is 11.1. The van der Waals surface area contributed by atoms with Gasteiger partial charge in [-0.1, -0.05) is 37.3 Å². The first-order valence-corrected chi connectivity index (χ1v) is 7.27. The smallest absolute Gasteiger partial charge is 0.310 e. The summed E-state index contributed by atoms with van der Waals surface area (Å²) in [5.41, 5.74) is 1.44. The Morgan fingerprint density at radius 3 is 2.73 bits per heavy atom. The molecule has 4 nitrogen and oxygen atoms in total. The van der Waals surface area contributed by atoms with Crippen LogP contribution >= 0.6 is 0 Å². The largest absolute Gasteiger partial charge is 0.484 e. The number of carbonyl (C=O) groups is 2. The van der Waals surface area contributed by atoms with Crippen molar-refractivity contribution in [1.29, 1.82) is 0 Å². The maximum Gasteiger partial charge on any atom is 0.310 e. The van der Waals surface area contributed by atoms with Crippen molar-refractivity contribution < 1.29 is 19.1 Å². The van der Waals surface area contributed by atoms with Crippen LogP contribution in [0.2, 0.25) is 0 Å². The van der Waals surface area contributed by atoms with Crippen LogP contribution in [0.4, 0.5) is 0 Å². The zero-order valence-electron chi connectivity index (χ0n) is 12.2. The van der Waals surface area contributed by atoms with Gasteiger partial charge in [-0.25, -0.2) is 0 Å². The van der Waals surface area contributed by atoms with E-state index in [1.54, 1.807) is 25.1 Å². The molecule has 112 valence electrons. The van der Waals surface area contributed by atoms with Gasteiger partial charge in [0.15, 0.2) is 5.78 Å². The Balaban J connectivity index is 1.86. The minimum absolute atomic E-state index is 0.00972. The second kappa shape index (κ2) is 6.02. The van der Waals surface area contributed by atoms with Crippen molar-refractivity contribution in [3.8, 4) is 11.5 Å². The molecule has 0 aliphatic carbocycles. The third kappa shape index (κ3) is 2.86. The van der Waals surface area contributed by atoms with Crippen LogP contribution in [-0.4, -0.2) is 11.8 Å². The summed E-state index contributed by atoms with van der Waals surface area (Å²) in [5.74, 6) is 0.568. The topological polar surface area (TPSA) is 52.6 Å². The van der Waals surface area contributed by atoms with Crippen LogP contribution in [0.25, 0.3) is 0 Å². The summed E-state index contributed by atoms with van der Waals surface area (Å²) in [4.78, 5) is 23.7. The number of rotatable bonds is 3. The van der Waals surface area contributed by atoms with Gasteiger partial charge in [0.25, 0.3) is 0 Å². The van der Waals surface area contributed by atoms with Crippen molar-refractivity contribution in [2.45, 2.75) is 25.9 Å². The highest BCUT2D eigenvalue weighted by Gasteiger charge is 2.28. The summed E-state index contributed by atoms with van der Waals surface area (Å²) in [6.45, 7) is 1.72. The van der Waals surface area contributed by atoms with Crippen LogP contribution in [0.3, 0.4) is 0 Å². The highest BCUT2D eigenvalue weighted by Crippen LogP contribution is 2.36. The molecule has 0 amide bonds. The molecule has 22 heavy (non-hydrogen) atoms. The molecule has 1 heterocycles. The van der Waals surface area contributed by atoms with E-state index < -0.39 is 0 Å². The number of ketones is 1. The van der Waals surface area contributed by atoms with E-state index in [0.29, 0.717) is 17.1 Å². The third-order valence-electron chi connectivity index (χ3n) is 3.58. The summed E-state index contributed by atoms with van der Waals surface area (Å²) in [6.07, 6.45) is 0.296. The van der Waals surface area contributed by atoms with Crippen molar-refractivity contribution in [1.82, 2.24) is 0 Å². The Morgan fingerprint density at radius 2 is 2.00 bits per heavy atom. The van der Waals surface area contributed by atoms with E-state index in [-0.39, 0.29) is 30.7 Å². The fraction of sp³-hybridized carbons (Fsp3) is 0.222. The van der Waals surface area contributed by atoms with Gasteiger partial charge in [-0.05, 0) is 23.8 Å². The molecule has 0 saturated heterocycles. The number of ether oxygens (including phenoxy) is 2. The molecule has 0 radical (unpaired) electrons. The number of hydrogen-bond acceptors (Lipinski definition) is 4. The molecule has 1 atom stereocenters. The lowest BCUT2D eigenvalue weighted by Gasteiger charge is -2.25. The molecule has 2 aromatic carbocycles. The number of hydrogen-bond donors (Lipinski definition) is 0. The zero-order chi connectivity index (χ0) is 15.5. The van der Waals surface area contributed by atoms with E-state index in [1.807, 2.05) is 30.3 Å². The van der Waals surface area contributed by atoms with E-state index in [2.05, 4.69) is 0 Å². The van der Waals surface area contributed by atoms with Crippen LogP contribution in [0.15, 0.2) is 48.5 Å². The molecule has 1 aliphatic rings. The lowest BCUT2D eigenvalue weighted by Crippen LogP contribution is -2.20. The number of Topliss-reactive ketones (excluding diaryl/α,β-unsaturated/α-hetero) is 1. The second-order valence-corrected chi connectivity index (χ2v) is 5.13. The molecule has 0 N–H and O–H groups in total. The van der Waals surface area contributed by atoms with Crippen molar-refractivity contribution in [2.24, 2.45) is 0 Å². The lowest BCUT2D eigenvalue weighted by atomic mass is 9.96. The van der Waals surface area contributed by atoms with Crippen LogP contribution in [-0.2, 0) is 4.79 Å². The molecular weight excluding hydrogens is 280 g/mol. The molecule has 0 unspecified atom stereocenters. The molecule has 0 saturated carbocycles. The van der Waals surface area contributed by atoms with Gasteiger partial charge >= 0.3 is 5.97 Å². The van der Waals surface area contributed by atoms with Crippen LogP contribution in [0.1, 0.15) is 41.8 Å². The minimum atomic E-state index is -0.328. The van der Waals surface area contributed by atoms with Crippen LogP contribution in [0, 0.1) is 0 Å². The average molecular weight is 296 g/mol. The third-order valence-corrected chi connectivity index (χ3v) is 3.58. The van der Waals surface area contributed by atoms with Gasteiger partial charge in [-0.2, -0.15) is 0 Å². The maximum atomic E-state index is 12.4. The fourth-order valence-electron chi connectivity index (χ4n) is 2.42. The zero-order valence-corrected chi connectivity index (χ0v) is 12.2. The van der Waals surface area contributed by atoms with E-state index >= 15 is 0 Å². The molecule has 3 rings (SSSR count). The minimum Gasteiger partial charge on any atom is -0.484 e. The molecule has 1 aliphatic heterocycles. The Morgan fingerprint density at radius 1 is 1.23 bits per heavy atom. The van der Waals surface area contributed by atoms with Crippen LogP contribution in [0.5, 0.6) is 11.5 Å². The van der Waals surface area contributed by atoms with Crippen molar-refractivity contribution in [3.05, 3.63) is 59.7 Å². The van der Waals surface area contributed by atoms with Gasteiger partial charge in [-0.3, -0.25) is 9.59 Å². The number of esters is 1. The predicted octanol–water partition coefficient (Wildman–Crippen LogP) is 3.71. The summed E-state index contributed by atoms with van der Waals surface area (Å²) in [7, 11) is 0. The summed E-state index contributed by atoms with van der Waals surface area (Å²) >= 11 is 0.